The quantitative estimate of drug-likeness (QED) is 0.235. The van der Waals surface area contributed by atoms with Gasteiger partial charge in [0.25, 0.3) is 0 Å². The first-order valence-electron chi connectivity index (χ1n) is 10.7. The molecule has 4 N–H and O–H groups in total. The van der Waals surface area contributed by atoms with Crippen LogP contribution < -0.4 is 16.2 Å². The second-order valence-corrected chi connectivity index (χ2v) is 6.99. The van der Waals surface area contributed by atoms with E-state index in [9.17, 15) is 4.79 Å². The molecular weight excluding hydrogens is 386 g/mol. The summed E-state index contributed by atoms with van der Waals surface area (Å²) < 4.78 is 22.1. The van der Waals surface area contributed by atoms with Crippen LogP contribution in [-0.2, 0) is 32.0 Å². The molecule has 0 spiro atoms. The molecule has 0 unspecified atom stereocenters. The fraction of sp³-hybridized carbons (Fsp3) is 0.682. The number of ether oxygens (including phenoxy) is 4. The van der Waals surface area contributed by atoms with Gasteiger partial charge in [-0.2, -0.15) is 0 Å². The molecule has 8 nitrogen and oxygen atoms in total. The van der Waals surface area contributed by atoms with Crippen LogP contribution in [0.25, 0.3) is 0 Å². The van der Waals surface area contributed by atoms with Crippen molar-refractivity contribution in [2.24, 2.45) is 11.5 Å². The Balaban J connectivity index is 2.34. The number of benzene rings is 1. The molecule has 0 radical (unpaired) electrons. The first-order valence-corrected chi connectivity index (χ1v) is 10.7. The molecule has 0 aliphatic heterocycles. The maximum absolute atomic E-state index is 10.8. The van der Waals surface area contributed by atoms with Crippen LogP contribution >= 0.6 is 0 Å². The van der Waals surface area contributed by atoms with Crippen molar-refractivity contribution in [1.29, 1.82) is 0 Å². The molecular formula is C22H39N3O5. The molecule has 1 aromatic carbocycles. The fourth-order valence-electron chi connectivity index (χ4n) is 2.79. The van der Waals surface area contributed by atoms with Crippen LogP contribution in [0, 0.1) is 0 Å². The molecule has 0 aliphatic rings. The van der Waals surface area contributed by atoms with E-state index in [0.717, 1.165) is 38.0 Å². The van der Waals surface area contributed by atoms with Crippen molar-refractivity contribution in [3.63, 3.8) is 0 Å². The zero-order valence-corrected chi connectivity index (χ0v) is 18.4. The monoisotopic (exact) mass is 425 g/mol. The number of aryl methyl sites for hydroxylation is 1. The van der Waals surface area contributed by atoms with E-state index < -0.39 is 0 Å². The van der Waals surface area contributed by atoms with Crippen LogP contribution in [0.2, 0.25) is 0 Å². The van der Waals surface area contributed by atoms with Gasteiger partial charge in [-0.25, -0.2) is 0 Å². The molecule has 0 aliphatic carbocycles. The molecule has 30 heavy (non-hydrogen) atoms. The molecule has 172 valence electrons. The number of likely N-dealkylation sites (N-methyl/N-ethyl adjacent to an activating group) is 1. The molecule has 1 rings (SSSR count). The number of hydrogen-bond donors (Lipinski definition) is 2. The number of aldehydes is 1. The van der Waals surface area contributed by atoms with Gasteiger partial charge in [-0.1, -0.05) is 6.07 Å². The number of hydrogen-bond acceptors (Lipinski definition) is 8. The largest absolute Gasteiger partial charge is 0.494 e. The maximum atomic E-state index is 10.8. The summed E-state index contributed by atoms with van der Waals surface area (Å²) in [4.78, 5) is 13.0. The molecule has 8 heteroatoms. The lowest BCUT2D eigenvalue weighted by molar-refractivity contribution is -0.107. The third kappa shape index (κ3) is 12.9. The number of carbonyl (C=O) groups is 1. The zero-order valence-electron chi connectivity index (χ0n) is 18.4. The van der Waals surface area contributed by atoms with Crippen LogP contribution in [0.4, 0.5) is 0 Å². The number of nitrogens with zero attached hydrogens (tertiary/aromatic N) is 1. The predicted molar refractivity (Wildman–Crippen MR) is 118 cm³/mol. The molecule has 0 saturated carbocycles. The van der Waals surface area contributed by atoms with Gasteiger partial charge in [-0.3, -0.25) is 4.90 Å². The van der Waals surface area contributed by atoms with Gasteiger partial charge in [-0.05, 0) is 49.7 Å². The Labute approximate surface area is 180 Å². The number of rotatable bonds is 20. The van der Waals surface area contributed by atoms with Gasteiger partial charge in [0.2, 0.25) is 0 Å². The Bertz CT molecular complexity index is 560. The van der Waals surface area contributed by atoms with Crippen LogP contribution in [0.15, 0.2) is 18.2 Å². The van der Waals surface area contributed by atoms with Crippen molar-refractivity contribution in [3.8, 4) is 5.75 Å². The molecule has 0 saturated heterocycles. The van der Waals surface area contributed by atoms with Crippen LogP contribution in [0.1, 0.15) is 24.0 Å². The number of carbonyl (C=O) groups excluding carboxylic acids is 1. The van der Waals surface area contributed by atoms with Crippen molar-refractivity contribution in [2.75, 3.05) is 72.9 Å². The van der Waals surface area contributed by atoms with E-state index in [2.05, 4.69) is 24.1 Å². The summed E-state index contributed by atoms with van der Waals surface area (Å²) in [5, 5.41) is 0. The normalized spacial score (nSPS) is 11.2. The van der Waals surface area contributed by atoms with E-state index in [1.807, 2.05) is 6.07 Å². The van der Waals surface area contributed by atoms with Crippen molar-refractivity contribution < 1.29 is 23.7 Å². The Hall–Kier alpha value is -1.55. The van der Waals surface area contributed by atoms with E-state index in [0.29, 0.717) is 65.8 Å². The lowest BCUT2D eigenvalue weighted by Crippen LogP contribution is -2.24. The minimum Gasteiger partial charge on any atom is -0.494 e. The van der Waals surface area contributed by atoms with E-state index in [-0.39, 0.29) is 0 Å². The molecule has 0 heterocycles. The van der Waals surface area contributed by atoms with E-state index in [4.69, 9.17) is 30.4 Å². The molecule has 1 aromatic rings. The van der Waals surface area contributed by atoms with Crippen LogP contribution in [0.3, 0.4) is 0 Å². The van der Waals surface area contributed by atoms with Gasteiger partial charge < -0.3 is 35.2 Å². The smallest absolute Gasteiger partial charge is 0.120 e. The van der Waals surface area contributed by atoms with E-state index >= 15 is 0 Å². The predicted octanol–water partition coefficient (Wildman–Crippen LogP) is 0.986. The van der Waals surface area contributed by atoms with E-state index in [1.54, 1.807) is 0 Å². The van der Waals surface area contributed by atoms with Crippen molar-refractivity contribution in [2.45, 2.75) is 25.8 Å². The summed E-state index contributed by atoms with van der Waals surface area (Å²) in [5.41, 5.74) is 13.2. The highest BCUT2D eigenvalue weighted by atomic mass is 16.5. The summed E-state index contributed by atoms with van der Waals surface area (Å²) >= 11 is 0. The average molecular weight is 426 g/mol. The average Bonchev–Trinajstić information content (AvgIpc) is 2.74. The lowest BCUT2D eigenvalue weighted by atomic mass is 10.0. The minimum atomic E-state index is 0.518. The summed E-state index contributed by atoms with van der Waals surface area (Å²) in [6.07, 6.45) is 3.03. The Morgan fingerprint density at radius 3 is 2.27 bits per heavy atom. The second-order valence-electron chi connectivity index (χ2n) is 6.99. The highest BCUT2D eigenvalue weighted by Gasteiger charge is 2.08. The van der Waals surface area contributed by atoms with Gasteiger partial charge in [0.1, 0.15) is 12.0 Å². The van der Waals surface area contributed by atoms with Gasteiger partial charge in [-0.15, -0.1) is 0 Å². The summed E-state index contributed by atoms with van der Waals surface area (Å²) in [7, 11) is 2.06. The highest BCUT2D eigenvalue weighted by molar-refractivity contribution is 5.50. The Morgan fingerprint density at radius 2 is 1.60 bits per heavy atom. The highest BCUT2D eigenvalue weighted by Crippen LogP contribution is 2.21. The Morgan fingerprint density at radius 1 is 0.900 bits per heavy atom. The van der Waals surface area contributed by atoms with Crippen molar-refractivity contribution >= 4 is 6.29 Å². The van der Waals surface area contributed by atoms with Gasteiger partial charge in [0, 0.05) is 26.1 Å². The van der Waals surface area contributed by atoms with Gasteiger partial charge >= 0.3 is 0 Å². The molecule has 0 amide bonds. The fourth-order valence-corrected chi connectivity index (χ4v) is 2.79. The standard InChI is InChI=1S/C22H39N3O5/c1-25(9-13-28-15-17-29-16-14-27-12-8-24)19-21-18-22(30-11-3-7-23)6-5-20(21)4-2-10-26/h5-6,10,18H,2-4,7-9,11-17,19,23-24H2,1H3. The van der Waals surface area contributed by atoms with Crippen LogP contribution in [0.5, 0.6) is 5.75 Å². The lowest BCUT2D eigenvalue weighted by Gasteiger charge is -2.20. The van der Waals surface area contributed by atoms with Gasteiger partial charge in [0.15, 0.2) is 0 Å². The van der Waals surface area contributed by atoms with Gasteiger partial charge in [0.05, 0.1) is 46.2 Å². The molecule has 0 fully saturated rings. The van der Waals surface area contributed by atoms with Crippen LogP contribution in [-0.4, -0.2) is 84.1 Å². The maximum Gasteiger partial charge on any atom is 0.120 e. The third-order valence-electron chi connectivity index (χ3n) is 4.39. The third-order valence-corrected chi connectivity index (χ3v) is 4.39. The van der Waals surface area contributed by atoms with Crippen molar-refractivity contribution in [1.82, 2.24) is 4.90 Å². The van der Waals surface area contributed by atoms with E-state index in [1.165, 1.54) is 11.1 Å². The summed E-state index contributed by atoms with van der Waals surface area (Å²) in [5.74, 6) is 0.838. The Kier molecular flexibility index (Phi) is 16.1. The SMILES string of the molecule is CN(CCOCCOCCOCCN)Cc1cc(OCCCN)ccc1CCC=O. The zero-order chi connectivity index (χ0) is 21.9. The number of nitrogens with two attached hydrogens (primary N) is 2. The molecule has 0 aromatic heterocycles. The second kappa shape index (κ2) is 18.2. The van der Waals surface area contributed by atoms with Crippen molar-refractivity contribution in [3.05, 3.63) is 29.3 Å². The first kappa shape index (κ1) is 26.5. The molecule has 0 bridgehead atoms. The minimum absolute atomic E-state index is 0.518. The summed E-state index contributed by atoms with van der Waals surface area (Å²) in [6, 6.07) is 6.08. The topological polar surface area (TPSA) is 109 Å². The first-order chi connectivity index (χ1) is 14.7. The molecule has 0 atom stereocenters. The summed E-state index contributed by atoms with van der Waals surface area (Å²) in [6.45, 7) is 6.71.